The van der Waals surface area contributed by atoms with Crippen LogP contribution in [-0.4, -0.2) is 39.3 Å². The van der Waals surface area contributed by atoms with Crippen molar-refractivity contribution in [3.05, 3.63) is 23.2 Å². The maximum atomic E-state index is 12.4. The fraction of sp³-hybridized carbons (Fsp3) is 0.533. The average Bonchev–Trinajstić information content (AvgIpc) is 2.44. The zero-order valence-electron chi connectivity index (χ0n) is 13.5. The Labute approximate surface area is 141 Å². The average molecular weight is 361 g/mol. The van der Waals surface area contributed by atoms with Crippen molar-refractivity contribution in [3.8, 4) is 5.75 Å². The minimum Gasteiger partial charge on any atom is -0.476 e. The number of sulfonamides is 1. The first-order chi connectivity index (χ1) is 10.6. The number of hydrogen-bond acceptors (Lipinski definition) is 4. The number of amides is 1. The summed E-state index contributed by atoms with van der Waals surface area (Å²) in [5.41, 5.74) is 0.348. The molecule has 0 bridgehead atoms. The van der Waals surface area contributed by atoms with Crippen LogP contribution >= 0.6 is 11.6 Å². The number of carbonyl (C=O) groups is 1. The molecule has 1 N–H and O–H groups in total. The lowest BCUT2D eigenvalue weighted by Crippen LogP contribution is -2.52. The molecule has 0 fully saturated rings. The largest absolute Gasteiger partial charge is 0.476 e. The van der Waals surface area contributed by atoms with E-state index in [9.17, 15) is 13.2 Å². The maximum Gasteiger partial charge on any atom is 0.263 e. The van der Waals surface area contributed by atoms with Crippen LogP contribution < -0.4 is 14.4 Å². The quantitative estimate of drug-likeness (QED) is 0.891. The predicted octanol–water partition coefficient (Wildman–Crippen LogP) is 2.03. The van der Waals surface area contributed by atoms with Crippen LogP contribution in [0.1, 0.15) is 20.8 Å². The smallest absolute Gasteiger partial charge is 0.263 e. The zero-order chi connectivity index (χ0) is 17.4. The van der Waals surface area contributed by atoms with Gasteiger partial charge in [-0.05, 0) is 31.0 Å². The Hall–Kier alpha value is -1.47. The Balaban J connectivity index is 2.30. The topological polar surface area (TPSA) is 75.7 Å². The van der Waals surface area contributed by atoms with Gasteiger partial charge < -0.3 is 10.1 Å². The number of halogens is 1. The minimum atomic E-state index is -3.55. The van der Waals surface area contributed by atoms with Gasteiger partial charge in [0, 0.05) is 11.1 Å². The summed E-state index contributed by atoms with van der Waals surface area (Å²) < 4.78 is 30.9. The summed E-state index contributed by atoms with van der Waals surface area (Å²) in [4.78, 5) is 12.4. The normalized spacial score (nSPS) is 19.0. The molecule has 0 saturated heterocycles. The molecule has 0 aliphatic carbocycles. The molecule has 1 aliphatic heterocycles. The fourth-order valence-electron chi connectivity index (χ4n) is 2.16. The van der Waals surface area contributed by atoms with Crippen LogP contribution in [0.3, 0.4) is 0 Å². The highest BCUT2D eigenvalue weighted by molar-refractivity contribution is 7.92. The molecule has 0 unspecified atom stereocenters. The molecule has 1 heterocycles. The Morgan fingerprint density at radius 1 is 1.39 bits per heavy atom. The third-order valence-electron chi connectivity index (χ3n) is 3.85. The highest BCUT2D eigenvalue weighted by Crippen LogP contribution is 2.37. The van der Waals surface area contributed by atoms with Crippen LogP contribution in [-0.2, 0) is 14.8 Å². The van der Waals surface area contributed by atoms with E-state index in [1.807, 2.05) is 20.8 Å². The van der Waals surface area contributed by atoms with Crippen molar-refractivity contribution < 1.29 is 17.9 Å². The molecular formula is C15H21ClN2O4S. The Morgan fingerprint density at radius 3 is 2.61 bits per heavy atom. The van der Waals surface area contributed by atoms with Gasteiger partial charge in [-0.25, -0.2) is 8.42 Å². The van der Waals surface area contributed by atoms with E-state index >= 15 is 0 Å². The Kier molecular flexibility index (Phi) is 5.10. The molecule has 128 valence electrons. The number of ether oxygens (including phenoxy) is 1. The van der Waals surface area contributed by atoms with Crippen molar-refractivity contribution in [1.29, 1.82) is 0 Å². The van der Waals surface area contributed by atoms with Gasteiger partial charge in [-0.15, -0.1) is 0 Å². The lowest BCUT2D eigenvalue weighted by molar-refractivity contribution is -0.128. The number of carbonyl (C=O) groups excluding carboxylic acids is 1. The van der Waals surface area contributed by atoms with E-state index < -0.39 is 16.1 Å². The number of nitrogens with one attached hydrogen (secondary N) is 1. The zero-order valence-corrected chi connectivity index (χ0v) is 15.1. The van der Waals surface area contributed by atoms with Crippen LogP contribution in [0.4, 0.5) is 5.69 Å². The fourth-order valence-corrected chi connectivity index (χ4v) is 3.23. The van der Waals surface area contributed by atoms with Gasteiger partial charge in [0.05, 0.1) is 18.5 Å². The first-order valence-corrected chi connectivity index (χ1v) is 9.56. The van der Waals surface area contributed by atoms with Crippen molar-refractivity contribution in [1.82, 2.24) is 5.32 Å². The summed E-state index contributed by atoms with van der Waals surface area (Å²) in [6.45, 7) is 5.80. The van der Waals surface area contributed by atoms with Crippen LogP contribution in [0.5, 0.6) is 5.75 Å². The van der Waals surface area contributed by atoms with Gasteiger partial charge in [0.2, 0.25) is 10.0 Å². The van der Waals surface area contributed by atoms with Crippen LogP contribution in [0.15, 0.2) is 18.2 Å². The van der Waals surface area contributed by atoms with Crippen LogP contribution in [0.25, 0.3) is 0 Å². The van der Waals surface area contributed by atoms with E-state index in [1.165, 1.54) is 6.07 Å². The van der Waals surface area contributed by atoms with Gasteiger partial charge in [-0.1, -0.05) is 25.4 Å². The second-order valence-electron chi connectivity index (χ2n) is 6.05. The molecule has 1 aromatic carbocycles. The molecule has 2 atom stereocenters. The molecular weight excluding hydrogens is 340 g/mol. The van der Waals surface area contributed by atoms with Crippen molar-refractivity contribution >= 4 is 33.2 Å². The highest BCUT2D eigenvalue weighted by atomic mass is 35.5. The first kappa shape index (κ1) is 17.9. The molecule has 1 aliphatic rings. The monoisotopic (exact) mass is 360 g/mol. The molecule has 23 heavy (non-hydrogen) atoms. The highest BCUT2D eigenvalue weighted by Gasteiger charge is 2.35. The second kappa shape index (κ2) is 6.57. The summed E-state index contributed by atoms with van der Waals surface area (Å²) >= 11 is 5.94. The third-order valence-corrected chi connectivity index (χ3v) is 5.23. The van der Waals surface area contributed by atoms with E-state index in [1.54, 1.807) is 12.1 Å². The number of hydrogen-bond donors (Lipinski definition) is 1. The number of rotatable bonds is 4. The molecule has 2 rings (SSSR count). The lowest BCUT2D eigenvalue weighted by atomic mass is 10.1. The SMILES string of the molecule is CC(C)[C@@H](C)NC(=O)[C@@H]1CN(S(C)(=O)=O)c2cc(Cl)ccc2O1. The molecule has 0 radical (unpaired) electrons. The van der Waals surface area contributed by atoms with Gasteiger partial charge in [-0.2, -0.15) is 0 Å². The summed E-state index contributed by atoms with van der Waals surface area (Å²) in [7, 11) is -3.55. The second-order valence-corrected chi connectivity index (χ2v) is 8.40. The van der Waals surface area contributed by atoms with Crippen molar-refractivity contribution in [2.24, 2.45) is 5.92 Å². The third kappa shape index (κ3) is 4.09. The van der Waals surface area contributed by atoms with Gasteiger partial charge in [-0.3, -0.25) is 9.10 Å². The number of fused-ring (bicyclic) bond motifs is 1. The van der Waals surface area contributed by atoms with E-state index in [4.69, 9.17) is 16.3 Å². The molecule has 0 aromatic heterocycles. The molecule has 0 spiro atoms. The van der Waals surface area contributed by atoms with Gasteiger partial charge in [0.1, 0.15) is 5.75 Å². The standard InChI is InChI=1S/C15H21ClN2O4S/c1-9(2)10(3)17-15(19)14-8-18(23(4,20)21)12-7-11(16)5-6-13(12)22-14/h5-7,9-10,14H,8H2,1-4H3,(H,17,19)/t10-,14+/m1/s1. The van der Waals surface area contributed by atoms with Crippen molar-refractivity contribution in [2.45, 2.75) is 32.9 Å². The molecule has 6 nitrogen and oxygen atoms in total. The summed E-state index contributed by atoms with van der Waals surface area (Å²) in [6, 6.07) is 4.64. The first-order valence-electron chi connectivity index (χ1n) is 7.34. The summed E-state index contributed by atoms with van der Waals surface area (Å²) in [5, 5.41) is 3.25. The summed E-state index contributed by atoms with van der Waals surface area (Å²) in [5.74, 6) is 0.253. The van der Waals surface area contributed by atoms with Gasteiger partial charge in [0.25, 0.3) is 5.91 Å². The van der Waals surface area contributed by atoms with Crippen LogP contribution in [0, 0.1) is 5.92 Å². The van der Waals surface area contributed by atoms with Crippen LogP contribution in [0.2, 0.25) is 5.02 Å². The molecule has 1 amide bonds. The molecule has 0 saturated carbocycles. The lowest BCUT2D eigenvalue weighted by Gasteiger charge is -2.34. The minimum absolute atomic E-state index is 0.0376. The van der Waals surface area contributed by atoms with Gasteiger partial charge in [0.15, 0.2) is 6.10 Å². The van der Waals surface area contributed by atoms with Gasteiger partial charge >= 0.3 is 0 Å². The maximum absolute atomic E-state index is 12.4. The van der Waals surface area contributed by atoms with E-state index in [-0.39, 0.29) is 24.4 Å². The Bertz CT molecular complexity index is 705. The molecule has 1 aromatic rings. The Morgan fingerprint density at radius 2 is 2.04 bits per heavy atom. The van der Waals surface area contributed by atoms with Crippen molar-refractivity contribution in [2.75, 3.05) is 17.1 Å². The number of benzene rings is 1. The van der Waals surface area contributed by atoms with E-state index in [0.29, 0.717) is 16.5 Å². The number of nitrogens with zero attached hydrogens (tertiary/aromatic N) is 1. The van der Waals surface area contributed by atoms with E-state index in [0.717, 1.165) is 10.6 Å². The van der Waals surface area contributed by atoms with Crippen molar-refractivity contribution in [3.63, 3.8) is 0 Å². The predicted molar refractivity (Wildman–Crippen MR) is 90.5 cm³/mol. The molecule has 8 heteroatoms. The number of anilines is 1. The van der Waals surface area contributed by atoms with E-state index in [2.05, 4.69) is 5.32 Å². The summed E-state index contributed by atoms with van der Waals surface area (Å²) in [6.07, 6.45) is 0.189.